The van der Waals surface area contributed by atoms with Crippen molar-refractivity contribution in [1.29, 1.82) is 0 Å². The summed E-state index contributed by atoms with van der Waals surface area (Å²) in [6.45, 7) is 2.91. The number of benzene rings is 1. The molecule has 1 aliphatic heterocycles. The summed E-state index contributed by atoms with van der Waals surface area (Å²) in [5.41, 5.74) is 3.71. The van der Waals surface area contributed by atoms with Crippen LogP contribution in [0.1, 0.15) is 35.9 Å². The first-order chi connectivity index (χ1) is 14.2. The van der Waals surface area contributed by atoms with Crippen molar-refractivity contribution in [2.24, 2.45) is 0 Å². The second-order valence-electron chi connectivity index (χ2n) is 7.24. The zero-order chi connectivity index (χ0) is 20.1. The third-order valence-corrected chi connectivity index (χ3v) is 5.65. The van der Waals surface area contributed by atoms with Gasteiger partial charge < -0.3 is 4.52 Å². The van der Waals surface area contributed by atoms with Crippen LogP contribution in [0, 0.1) is 0 Å². The first-order valence-corrected chi connectivity index (χ1v) is 10.9. The molecule has 0 radical (unpaired) electrons. The van der Waals surface area contributed by atoms with E-state index in [1.807, 2.05) is 54.6 Å². The zero-order valence-electron chi connectivity index (χ0n) is 16.0. The Morgan fingerprint density at radius 3 is 2.62 bits per heavy atom. The average molecular weight is 413 g/mol. The van der Waals surface area contributed by atoms with Crippen molar-refractivity contribution in [3.63, 3.8) is 0 Å². The number of thiol groups is 1. The molecule has 1 aliphatic rings. The van der Waals surface area contributed by atoms with E-state index >= 15 is 0 Å². The monoisotopic (exact) mass is 412 g/mol. The highest BCUT2D eigenvalue weighted by atomic mass is 32.2. The van der Waals surface area contributed by atoms with Crippen molar-refractivity contribution in [3.8, 4) is 11.3 Å². The van der Waals surface area contributed by atoms with Gasteiger partial charge in [0.2, 0.25) is 10.9 Å². The van der Waals surface area contributed by atoms with E-state index in [-0.39, 0.29) is 6.54 Å². The first kappa shape index (κ1) is 19.8. The summed E-state index contributed by atoms with van der Waals surface area (Å²) >= 11 is 0. The minimum atomic E-state index is -2.60. The number of nitrogens with one attached hydrogen (secondary N) is 1. The molecule has 1 fully saturated rings. The first-order valence-electron chi connectivity index (χ1n) is 9.74. The van der Waals surface area contributed by atoms with Crippen molar-refractivity contribution in [2.45, 2.75) is 31.8 Å². The van der Waals surface area contributed by atoms with E-state index in [9.17, 15) is 8.42 Å². The van der Waals surface area contributed by atoms with E-state index in [1.54, 1.807) is 0 Å². The maximum absolute atomic E-state index is 10.7. The van der Waals surface area contributed by atoms with E-state index in [4.69, 9.17) is 4.52 Å². The van der Waals surface area contributed by atoms with Gasteiger partial charge in [0.05, 0.1) is 18.8 Å². The van der Waals surface area contributed by atoms with Gasteiger partial charge in [-0.3, -0.25) is 9.88 Å². The van der Waals surface area contributed by atoms with Gasteiger partial charge in [-0.1, -0.05) is 41.6 Å². The van der Waals surface area contributed by atoms with Crippen LogP contribution in [0.25, 0.3) is 11.3 Å². The van der Waals surface area contributed by atoms with E-state index in [0.29, 0.717) is 5.92 Å². The van der Waals surface area contributed by atoms with Gasteiger partial charge in [-0.05, 0) is 38.1 Å². The lowest BCUT2D eigenvalue weighted by molar-refractivity contribution is 0.183. The molecule has 0 unspecified atom stereocenters. The molecule has 1 N–H and O–H groups in total. The minimum absolute atomic E-state index is 0.237. The van der Waals surface area contributed by atoms with Crippen LogP contribution in [0.15, 0.2) is 59.1 Å². The van der Waals surface area contributed by atoms with Crippen LogP contribution in [-0.4, -0.2) is 36.5 Å². The molecule has 4 rings (SSSR count). The van der Waals surface area contributed by atoms with Crippen LogP contribution in [0.5, 0.6) is 0 Å². The Kier molecular flexibility index (Phi) is 6.33. The number of rotatable bonds is 7. The second kappa shape index (κ2) is 9.30. The standard InChI is InChI=1S/C21H24N4O3S/c26-29(27)22-14-18-7-4-8-20(23-18)17-9-11-25(12-10-17)15-19-13-21(24-28-19)16-5-2-1-3-6-16/h1-8,13,17,29H,9-12,14-15H2,(H,22,26,27). The molecule has 0 saturated carbocycles. The Hall–Kier alpha value is -2.55. The lowest BCUT2D eigenvalue weighted by Gasteiger charge is -2.31. The highest BCUT2D eigenvalue weighted by molar-refractivity contribution is 7.70. The number of hydrogen-bond donors (Lipinski definition) is 2. The normalized spacial score (nSPS) is 15.8. The molecule has 0 amide bonds. The summed E-state index contributed by atoms with van der Waals surface area (Å²) < 4.78 is 29.4. The topological polar surface area (TPSA) is 88.3 Å². The predicted molar refractivity (Wildman–Crippen MR) is 111 cm³/mol. The summed E-state index contributed by atoms with van der Waals surface area (Å²) in [7, 11) is -2.60. The fraction of sp³-hybridized carbons (Fsp3) is 0.333. The van der Waals surface area contributed by atoms with Crippen molar-refractivity contribution in [2.75, 3.05) is 13.1 Å². The summed E-state index contributed by atoms with van der Waals surface area (Å²) in [5.74, 6) is 1.27. The molecule has 1 saturated heterocycles. The van der Waals surface area contributed by atoms with Crippen molar-refractivity contribution in [1.82, 2.24) is 19.8 Å². The van der Waals surface area contributed by atoms with Crippen LogP contribution < -0.4 is 4.72 Å². The molecule has 29 heavy (non-hydrogen) atoms. The van der Waals surface area contributed by atoms with Crippen LogP contribution in [-0.2, 0) is 24.0 Å². The molecule has 0 bridgehead atoms. The molecular formula is C21H24N4O3S. The summed E-state index contributed by atoms with van der Waals surface area (Å²) in [4.78, 5) is 7.01. The highest BCUT2D eigenvalue weighted by Crippen LogP contribution is 2.28. The average Bonchev–Trinajstić information content (AvgIpc) is 3.22. The Bertz CT molecular complexity index is 1000. The van der Waals surface area contributed by atoms with Gasteiger partial charge >= 0.3 is 0 Å². The molecule has 0 aliphatic carbocycles. The van der Waals surface area contributed by atoms with Gasteiger partial charge in [0, 0.05) is 23.2 Å². The van der Waals surface area contributed by atoms with E-state index in [1.165, 1.54) is 0 Å². The van der Waals surface area contributed by atoms with Crippen LogP contribution in [0.4, 0.5) is 0 Å². The van der Waals surface area contributed by atoms with E-state index in [0.717, 1.165) is 60.9 Å². The van der Waals surface area contributed by atoms with Crippen molar-refractivity contribution >= 4 is 10.9 Å². The molecule has 2 aromatic heterocycles. The summed E-state index contributed by atoms with van der Waals surface area (Å²) in [6, 6.07) is 17.9. The maximum Gasteiger partial charge on any atom is 0.201 e. The Balaban J connectivity index is 1.32. The number of pyridine rings is 1. The van der Waals surface area contributed by atoms with Crippen molar-refractivity contribution in [3.05, 3.63) is 71.7 Å². The number of nitrogens with zero attached hydrogens (tertiary/aromatic N) is 3. The van der Waals surface area contributed by atoms with Crippen LogP contribution in [0.2, 0.25) is 0 Å². The molecule has 0 atom stereocenters. The Morgan fingerprint density at radius 2 is 1.86 bits per heavy atom. The predicted octanol–water partition coefficient (Wildman–Crippen LogP) is 2.73. The summed E-state index contributed by atoms with van der Waals surface area (Å²) in [5, 5.41) is 4.19. The molecule has 0 spiro atoms. The fourth-order valence-electron chi connectivity index (χ4n) is 3.71. The number of hydrogen-bond acceptors (Lipinski definition) is 6. The van der Waals surface area contributed by atoms with Gasteiger partial charge in [0.1, 0.15) is 5.69 Å². The smallest absolute Gasteiger partial charge is 0.201 e. The highest BCUT2D eigenvalue weighted by Gasteiger charge is 2.23. The molecule has 1 aromatic carbocycles. The Morgan fingerprint density at radius 1 is 1.07 bits per heavy atom. The molecule has 3 heterocycles. The van der Waals surface area contributed by atoms with E-state index < -0.39 is 10.9 Å². The van der Waals surface area contributed by atoms with Crippen LogP contribution >= 0.6 is 0 Å². The quantitative estimate of drug-likeness (QED) is 0.580. The number of likely N-dealkylation sites (tertiary alicyclic amines) is 1. The van der Waals surface area contributed by atoms with E-state index in [2.05, 4.69) is 19.8 Å². The van der Waals surface area contributed by atoms with Crippen molar-refractivity contribution < 1.29 is 12.9 Å². The van der Waals surface area contributed by atoms with Crippen LogP contribution in [0.3, 0.4) is 0 Å². The van der Waals surface area contributed by atoms with Gasteiger partial charge in [-0.15, -0.1) is 0 Å². The van der Waals surface area contributed by atoms with Gasteiger partial charge in [0.15, 0.2) is 5.76 Å². The zero-order valence-corrected chi connectivity index (χ0v) is 16.9. The molecule has 7 nitrogen and oxygen atoms in total. The number of piperidine rings is 1. The third-order valence-electron chi connectivity index (χ3n) is 5.23. The molecule has 8 heteroatoms. The maximum atomic E-state index is 10.7. The largest absolute Gasteiger partial charge is 0.359 e. The lowest BCUT2D eigenvalue weighted by Crippen LogP contribution is -2.32. The summed E-state index contributed by atoms with van der Waals surface area (Å²) in [6.07, 6.45) is 2.03. The third kappa shape index (κ3) is 5.29. The van der Waals surface area contributed by atoms with Gasteiger partial charge in [-0.2, -0.15) is 0 Å². The molecule has 152 valence electrons. The lowest BCUT2D eigenvalue weighted by atomic mass is 9.93. The number of aromatic nitrogens is 2. The van der Waals surface area contributed by atoms with Gasteiger partial charge in [-0.25, -0.2) is 13.1 Å². The fourth-order valence-corrected chi connectivity index (χ4v) is 4.00. The molecule has 3 aromatic rings. The second-order valence-corrected chi connectivity index (χ2v) is 8.07. The molecular weight excluding hydrogens is 388 g/mol. The Labute approximate surface area is 171 Å². The van der Waals surface area contributed by atoms with Gasteiger partial charge in [0.25, 0.3) is 0 Å². The SMILES string of the molecule is O=[SH](=O)NCc1cccc(C2CCN(Cc3cc(-c4ccccc4)no3)CC2)n1. The minimum Gasteiger partial charge on any atom is -0.359 e.